The summed E-state index contributed by atoms with van der Waals surface area (Å²) in [5, 5.41) is 0. The van der Waals surface area contributed by atoms with Crippen molar-refractivity contribution in [2.45, 2.75) is 86.5 Å². The number of carbonyl (C=O) groups is 2. The summed E-state index contributed by atoms with van der Waals surface area (Å²) in [5.74, 6) is -0.776. The van der Waals surface area contributed by atoms with E-state index in [0.717, 1.165) is 0 Å². The molecule has 24 heavy (non-hydrogen) atoms. The lowest BCUT2D eigenvalue weighted by molar-refractivity contribution is -0.170. The van der Waals surface area contributed by atoms with Gasteiger partial charge in [-0.3, -0.25) is 9.59 Å². The molecule has 0 bridgehead atoms. The van der Waals surface area contributed by atoms with Crippen molar-refractivity contribution < 1.29 is 23.8 Å². The van der Waals surface area contributed by atoms with Crippen molar-refractivity contribution >= 4 is 11.9 Å². The fourth-order valence-electron chi connectivity index (χ4n) is 2.18. The SMILES string of the molecule is CC(C)CO[C@@H](C)[C@H](OC(=O)[C@H](C)CC(=O)OC(C)(C)C)C(C)C. The van der Waals surface area contributed by atoms with E-state index in [0.29, 0.717) is 12.5 Å². The molecule has 0 aliphatic rings. The zero-order valence-electron chi connectivity index (χ0n) is 16.8. The number of hydrogen-bond acceptors (Lipinski definition) is 5. The molecule has 0 N–H and O–H groups in total. The predicted octanol–water partition coefficient (Wildman–Crippen LogP) is 3.98. The van der Waals surface area contributed by atoms with Gasteiger partial charge in [-0.05, 0) is 39.5 Å². The van der Waals surface area contributed by atoms with Gasteiger partial charge in [0.15, 0.2) is 0 Å². The van der Waals surface area contributed by atoms with Gasteiger partial charge in [0.1, 0.15) is 11.7 Å². The molecule has 0 radical (unpaired) electrons. The Balaban J connectivity index is 4.62. The minimum atomic E-state index is -0.555. The van der Waals surface area contributed by atoms with Crippen LogP contribution in [0.25, 0.3) is 0 Å². The van der Waals surface area contributed by atoms with E-state index in [4.69, 9.17) is 14.2 Å². The highest BCUT2D eigenvalue weighted by Gasteiger charge is 2.29. The lowest BCUT2D eigenvalue weighted by atomic mass is 10.0. The largest absolute Gasteiger partial charge is 0.460 e. The number of hydrogen-bond donors (Lipinski definition) is 0. The van der Waals surface area contributed by atoms with Crippen molar-refractivity contribution in [1.82, 2.24) is 0 Å². The Morgan fingerprint density at radius 2 is 1.50 bits per heavy atom. The molecule has 5 nitrogen and oxygen atoms in total. The summed E-state index contributed by atoms with van der Waals surface area (Å²) in [7, 11) is 0. The fraction of sp³-hybridized carbons (Fsp3) is 0.895. The summed E-state index contributed by atoms with van der Waals surface area (Å²) in [6, 6.07) is 0. The first-order valence-electron chi connectivity index (χ1n) is 8.87. The van der Waals surface area contributed by atoms with Crippen LogP contribution in [-0.2, 0) is 23.8 Å². The lowest BCUT2D eigenvalue weighted by Gasteiger charge is -2.29. The monoisotopic (exact) mass is 344 g/mol. The summed E-state index contributed by atoms with van der Waals surface area (Å²) in [4.78, 5) is 24.2. The molecule has 0 aliphatic heterocycles. The summed E-state index contributed by atoms with van der Waals surface area (Å²) in [6.07, 6.45) is -0.510. The maximum atomic E-state index is 12.3. The molecular weight excluding hydrogens is 308 g/mol. The first-order chi connectivity index (χ1) is 10.8. The van der Waals surface area contributed by atoms with Gasteiger partial charge in [-0.15, -0.1) is 0 Å². The van der Waals surface area contributed by atoms with Crippen molar-refractivity contribution in [1.29, 1.82) is 0 Å². The molecule has 0 aromatic carbocycles. The third kappa shape index (κ3) is 9.91. The van der Waals surface area contributed by atoms with Crippen LogP contribution >= 0.6 is 0 Å². The van der Waals surface area contributed by atoms with E-state index in [9.17, 15) is 9.59 Å². The maximum Gasteiger partial charge on any atom is 0.309 e. The van der Waals surface area contributed by atoms with Gasteiger partial charge in [-0.25, -0.2) is 0 Å². The number of ether oxygens (including phenoxy) is 3. The Bertz CT molecular complexity index is 395. The number of esters is 2. The first kappa shape index (κ1) is 22.9. The highest BCUT2D eigenvalue weighted by atomic mass is 16.6. The van der Waals surface area contributed by atoms with Crippen LogP contribution in [0.3, 0.4) is 0 Å². The van der Waals surface area contributed by atoms with Crippen LogP contribution in [0.2, 0.25) is 0 Å². The van der Waals surface area contributed by atoms with Crippen LogP contribution < -0.4 is 0 Å². The van der Waals surface area contributed by atoms with E-state index >= 15 is 0 Å². The van der Waals surface area contributed by atoms with Crippen molar-refractivity contribution in [3.05, 3.63) is 0 Å². The molecule has 142 valence electrons. The molecule has 0 saturated heterocycles. The lowest BCUT2D eigenvalue weighted by Crippen LogP contribution is -2.38. The van der Waals surface area contributed by atoms with E-state index in [1.165, 1.54) is 0 Å². The van der Waals surface area contributed by atoms with Gasteiger partial charge in [0.25, 0.3) is 0 Å². The second-order valence-corrected chi connectivity index (χ2v) is 8.27. The fourth-order valence-corrected chi connectivity index (χ4v) is 2.18. The Hall–Kier alpha value is -1.10. The molecule has 0 rings (SSSR count). The quantitative estimate of drug-likeness (QED) is 0.592. The Kier molecular flexibility index (Phi) is 9.56. The van der Waals surface area contributed by atoms with Gasteiger partial charge in [0, 0.05) is 6.61 Å². The van der Waals surface area contributed by atoms with Crippen LogP contribution in [0.15, 0.2) is 0 Å². The Labute approximate surface area is 147 Å². The van der Waals surface area contributed by atoms with Gasteiger partial charge < -0.3 is 14.2 Å². The molecule has 0 heterocycles. The van der Waals surface area contributed by atoms with Gasteiger partial charge in [-0.2, -0.15) is 0 Å². The van der Waals surface area contributed by atoms with Gasteiger partial charge in [-0.1, -0.05) is 34.6 Å². The first-order valence-corrected chi connectivity index (χ1v) is 8.87. The van der Waals surface area contributed by atoms with Gasteiger partial charge in [0.2, 0.25) is 0 Å². The molecule has 0 aromatic rings. The van der Waals surface area contributed by atoms with E-state index in [-0.39, 0.29) is 30.5 Å². The topological polar surface area (TPSA) is 61.8 Å². The molecule has 0 aliphatic carbocycles. The molecule has 3 atom stereocenters. The predicted molar refractivity (Wildman–Crippen MR) is 94.6 cm³/mol. The zero-order valence-corrected chi connectivity index (χ0v) is 16.8. The summed E-state index contributed by atoms with van der Waals surface area (Å²) in [6.45, 7) is 17.8. The summed E-state index contributed by atoms with van der Waals surface area (Å²) in [5.41, 5.74) is -0.555. The third-order valence-electron chi connectivity index (χ3n) is 3.36. The Morgan fingerprint density at radius 1 is 0.958 bits per heavy atom. The molecule has 0 aromatic heterocycles. The van der Waals surface area contributed by atoms with Crippen molar-refractivity contribution in [3.8, 4) is 0 Å². The van der Waals surface area contributed by atoms with Gasteiger partial charge in [0.05, 0.1) is 18.4 Å². The van der Waals surface area contributed by atoms with Crippen molar-refractivity contribution in [2.75, 3.05) is 6.61 Å². The molecule has 0 fully saturated rings. The smallest absolute Gasteiger partial charge is 0.309 e. The molecule has 0 amide bonds. The van der Waals surface area contributed by atoms with Crippen LogP contribution in [0, 0.1) is 17.8 Å². The van der Waals surface area contributed by atoms with E-state index in [1.807, 2.05) is 20.8 Å². The van der Waals surface area contributed by atoms with Crippen LogP contribution in [0.4, 0.5) is 0 Å². The van der Waals surface area contributed by atoms with Crippen LogP contribution in [-0.4, -0.2) is 36.4 Å². The Morgan fingerprint density at radius 3 is 1.92 bits per heavy atom. The molecule has 0 unspecified atom stereocenters. The normalized spacial score (nSPS) is 16.0. The van der Waals surface area contributed by atoms with Crippen molar-refractivity contribution in [2.24, 2.45) is 17.8 Å². The average molecular weight is 344 g/mol. The summed E-state index contributed by atoms with van der Waals surface area (Å²) < 4.78 is 16.7. The van der Waals surface area contributed by atoms with E-state index < -0.39 is 17.5 Å². The minimum Gasteiger partial charge on any atom is -0.460 e. The van der Waals surface area contributed by atoms with Crippen LogP contribution in [0.1, 0.15) is 68.7 Å². The maximum absolute atomic E-state index is 12.3. The highest BCUT2D eigenvalue weighted by Crippen LogP contribution is 2.19. The number of rotatable bonds is 9. The average Bonchev–Trinajstić information content (AvgIpc) is 2.38. The summed E-state index contributed by atoms with van der Waals surface area (Å²) >= 11 is 0. The zero-order chi connectivity index (χ0) is 19.1. The van der Waals surface area contributed by atoms with Crippen LogP contribution in [0.5, 0.6) is 0 Å². The molecular formula is C19H36O5. The van der Waals surface area contributed by atoms with Gasteiger partial charge >= 0.3 is 11.9 Å². The third-order valence-corrected chi connectivity index (χ3v) is 3.36. The molecule has 0 spiro atoms. The standard InChI is InChI=1S/C19H36O5/c1-12(2)11-22-15(6)17(13(3)4)23-18(21)14(5)10-16(20)24-19(7,8)9/h12-15,17H,10-11H2,1-9H3/t14-,15+,17-/m1/s1. The second-order valence-electron chi connectivity index (χ2n) is 8.27. The number of carbonyl (C=O) groups excluding carboxylic acids is 2. The van der Waals surface area contributed by atoms with E-state index in [1.54, 1.807) is 27.7 Å². The highest BCUT2D eigenvalue weighted by molar-refractivity contribution is 5.79. The van der Waals surface area contributed by atoms with E-state index in [2.05, 4.69) is 13.8 Å². The van der Waals surface area contributed by atoms with Crippen molar-refractivity contribution in [3.63, 3.8) is 0 Å². The minimum absolute atomic E-state index is 0.0160. The molecule has 5 heteroatoms. The molecule has 0 saturated carbocycles. The second kappa shape index (κ2) is 10.0.